The number of pyridine rings is 2. The van der Waals surface area contributed by atoms with Crippen LogP contribution in [0.4, 0.5) is 11.4 Å². The van der Waals surface area contributed by atoms with Crippen molar-refractivity contribution in [1.82, 2.24) is 0 Å². The van der Waals surface area contributed by atoms with Crippen molar-refractivity contribution in [3.63, 3.8) is 0 Å². The highest BCUT2D eigenvalue weighted by Crippen LogP contribution is 2.22. The average Bonchev–Trinajstić information content (AvgIpc) is 2.82. The molecule has 0 atom stereocenters. The molecule has 0 bridgehead atoms. The van der Waals surface area contributed by atoms with Gasteiger partial charge in [-0.2, -0.15) is 9.13 Å². The van der Waals surface area contributed by atoms with E-state index in [1.807, 2.05) is 48.5 Å². The van der Waals surface area contributed by atoms with Gasteiger partial charge in [-0.1, -0.05) is 48.9 Å². The first-order chi connectivity index (χ1) is 16.5. The molecule has 0 saturated heterocycles. The minimum Gasteiger partial charge on any atom is -0.398 e. The normalized spacial score (nSPS) is 11.5. The van der Waals surface area contributed by atoms with E-state index in [2.05, 4.69) is 21.5 Å². The minimum atomic E-state index is 0.749. The molecule has 178 valence electrons. The Morgan fingerprint density at radius 3 is 1.32 bits per heavy atom. The summed E-state index contributed by atoms with van der Waals surface area (Å²) in [4.78, 5) is 0. The smallest absolute Gasteiger partial charge is 0.216 e. The molecule has 0 aliphatic heterocycles. The number of unbranched alkanes of at least 4 members (excludes halogenated alkanes) is 7. The molecule has 0 spiro atoms. The molecule has 0 aliphatic carbocycles. The number of halogens is 2. The molecule has 0 unspecified atom stereocenters. The van der Waals surface area contributed by atoms with Gasteiger partial charge in [0.05, 0.1) is 22.1 Å². The number of hydrogen-bond donors (Lipinski definition) is 2. The second kappa shape index (κ2) is 11.7. The summed E-state index contributed by atoms with van der Waals surface area (Å²) < 4.78 is 4.53. The number of hydrogen-bond acceptors (Lipinski definition) is 2. The number of aryl methyl sites for hydroxylation is 2. The van der Waals surface area contributed by atoms with Gasteiger partial charge in [-0.05, 0) is 37.1 Å². The molecule has 2 aromatic carbocycles. The van der Waals surface area contributed by atoms with Crippen LogP contribution in [-0.4, -0.2) is 0 Å². The molecule has 0 aliphatic rings. The van der Waals surface area contributed by atoms with Gasteiger partial charge < -0.3 is 11.5 Å². The largest absolute Gasteiger partial charge is 0.398 e. The molecule has 0 saturated carbocycles. The molecule has 4 aromatic rings. The van der Waals surface area contributed by atoms with Crippen molar-refractivity contribution in [3.8, 4) is 0 Å². The van der Waals surface area contributed by atoms with Crippen LogP contribution in [0.3, 0.4) is 0 Å². The highest BCUT2D eigenvalue weighted by Gasteiger charge is 2.13. The lowest BCUT2D eigenvalue weighted by Gasteiger charge is -2.05. The zero-order valence-electron chi connectivity index (χ0n) is 19.6. The molecule has 4 N–H and O–H groups in total. The SMILES string of the molecule is Nc1cc[n+](CCCCCCCCCC[n+]2ccc(N)c3ccc(Cl)cc32)c2cc(Cl)ccc12. The van der Waals surface area contributed by atoms with Crippen LogP contribution in [0.15, 0.2) is 60.9 Å². The van der Waals surface area contributed by atoms with E-state index >= 15 is 0 Å². The molecule has 34 heavy (non-hydrogen) atoms. The zero-order chi connectivity index (χ0) is 23.9. The Balaban J connectivity index is 1.13. The fourth-order valence-corrected chi connectivity index (χ4v) is 5.00. The van der Waals surface area contributed by atoms with Crippen molar-refractivity contribution in [2.45, 2.75) is 64.5 Å². The van der Waals surface area contributed by atoms with Crippen LogP contribution in [0.5, 0.6) is 0 Å². The first kappa shape index (κ1) is 24.6. The fraction of sp³-hybridized carbons (Fsp3) is 0.357. The third-order valence-electron chi connectivity index (χ3n) is 6.58. The van der Waals surface area contributed by atoms with E-state index < -0.39 is 0 Å². The predicted molar refractivity (Wildman–Crippen MR) is 144 cm³/mol. The molecule has 4 rings (SSSR count). The molecule has 2 heterocycles. The predicted octanol–water partition coefficient (Wildman–Crippen LogP) is 6.86. The molecule has 6 heteroatoms. The van der Waals surface area contributed by atoms with E-state index in [0.29, 0.717) is 0 Å². The number of aromatic nitrogens is 2. The van der Waals surface area contributed by atoms with Crippen molar-refractivity contribution in [2.24, 2.45) is 0 Å². The summed E-state index contributed by atoms with van der Waals surface area (Å²) >= 11 is 12.4. The van der Waals surface area contributed by atoms with Crippen LogP contribution in [0, 0.1) is 0 Å². The van der Waals surface area contributed by atoms with E-state index in [1.54, 1.807) is 0 Å². The van der Waals surface area contributed by atoms with Crippen molar-refractivity contribution in [1.29, 1.82) is 0 Å². The number of nitrogens with two attached hydrogens (primary N) is 2. The van der Waals surface area contributed by atoms with E-state index in [-0.39, 0.29) is 0 Å². The maximum Gasteiger partial charge on any atom is 0.216 e. The second-order valence-electron chi connectivity index (χ2n) is 9.08. The Morgan fingerprint density at radius 2 is 0.912 bits per heavy atom. The van der Waals surface area contributed by atoms with Crippen molar-refractivity contribution >= 4 is 56.4 Å². The summed E-state index contributed by atoms with van der Waals surface area (Å²) in [5.74, 6) is 0. The number of nitrogen functional groups attached to an aromatic ring is 2. The average molecular weight is 498 g/mol. The van der Waals surface area contributed by atoms with Gasteiger partial charge in [0.15, 0.2) is 12.4 Å². The lowest BCUT2D eigenvalue weighted by molar-refractivity contribution is -0.672. The van der Waals surface area contributed by atoms with Gasteiger partial charge in [0.2, 0.25) is 11.0 Å². The highest BCUT2D eigenvalue weighted by molar-refractivity contribution is 6.31. The summed E-state index contributed by atoms with van der Waals surface area (Å²) in [6.07, 6.45) is 14.1. The summed E-state index contributed by atoms with van der Waals surface area (Å²) in [6, 6.07) is 15.8. The zero-order valence-corrected chi connectivity index (χ0v) is 21.2. The van der Waals surface area contributed by atoms with Crippen LogP contribution in [0.2, 0.25) is 10.0 Å². The Kier molecular flexibility index (Phi) is 8.47. The summed E-state index contributed by atoms with van der Waals surface area (Å²) in [7, 11) is 0. The summed E-state index contributed by atoms with van der Waals surface area (Å²) in [6.45, 7) is 1.99. The first-order valence-electron chi connectivity index (χ1n) is 12.3. The van der Waals surface area contributed by atoms with Gasteiger partial charge in [0, 0.05) is 47.2 Å². The number of rotatable bonds is 11. The molecular weight excluding hydrogens is 463 g/mol. The quantitative estimate of drug-likeness (QED) is 0.176. The van der Waals surface area contributed by atoms with E-state index in [0.717, 1.165) is 56.3 Å². The fourth-order valence-electron chi connectivity index (χ4n) is 4.67. The third-order valence-corrected chi connectivity index (χ3v) is 7.05. The summed E-state index contributed by atoms with van der Waals surface area (Å²) in [5.41, 5.74) is 16.1. The van der Waals surface area contributed by atoms with Crippen molar-refractivity contribution in [3.05, 3.63) is 71.0 Å². The molecular formula is C28H34Cl2N4+2. The van der Waals surface area contributed by atoms with Gasteiger partial charge in [-0.3, -0.25) is 0 Å². The number of nitrogens with zero attached hydrogens (tertiary/aromatic N) is 2. The Hall–Kier alpha value is -2.56. The standard InChI is InChI=1S/C28H32Cl2N4/c29-21-9-11-23-25(31)13-17-33(27(23)19-21)15-7-5-3-1-2-4-6-8-16-34-18-14-26(32)24-12-10-22(30)20-28(24)34/h9-14,17-20,31-32H,1-8,15-16H2/p+2. The maximum absolute atomic E-state index is 6.20. The van der Waals surface area contributed by atoms with Gasteiger partial charge in [0.25, 0.3) is 0 Å². The molecule has 0 fully saturated rings. The van der Waals surface area contributed by atoms with Crippen molar-refractivity contribution in [2.75, 3.05) is 11.5 Å². The van der Waals surface area contributed by atoms with Crippen LogP contribution in [-0.2, 0) is 13.1 Å². The van der Waals surface area contributed by atoms with Crippen molar-refractivity contribution < 1.29 is 9.13 Å². The molecule has 0 amide bonds. The number of benzene rings is 2. The topological polar surface area (TPSA) is 59.8 Å². The van der Waals surface area contributed by atoms with Gasteiger partial charge in [-0.25, -0.2) is 0 Å². The van der Waals surface area contributed by atoms with E-state index in [9.17, 15) is 0 Å². The lowest BCUT2D eigenvalue weighted by atomic mass is 10.1. The first-order valence-corrected chi connectivity index (χ1v) is 13.0. The third kappa shape index (κ3) is 6.11. The Bertz CT molecular complexity index is 1170. The molecule has 2 aromatic heterocycles. The van der Waals surface area contributed by atoms with Crippen LogP contribution < -0.4 is 20.6 Å². The van der Waals surface area contributed by atoms with Crippen LogP contribution in [0.25, 0.3) is 21.8 Å². The molecule has 4 nitrogen and oxygen atoms in total. The van der Waals surface area contributed by atoms with Crippen LogP contribution in [0.1, 0.15) is 51.4 Å². The van der Waals surface area contributed by atoms with E-state index in [4.69, 9.17) is 34.7 Å². The Morgan fingerprint density at radius 1 is 0.529 bits per heavy atom. The van der Waals surface area contributed by atoms with E-state index in [1.165, 1.54) is 51.4 Å². The second-order valence-corrected chi connectivity index (χ2v) is 9.95. The monoisotopic (exact) mass is 496 g/mol. The van der Waals surface area contributed by atoms with Crippen LogP contribution >= 0.6 is 23.2 Å². The van der Waals surface area contributed by atoms with Gasteiger partial charge in [0.1, 0.15) is 13.1 Å². The molecule has 0 radical (unpaired) electrons. The summed E-state index contributed by atoms with van der Waals surface area (Å²) in [5, 5.41) is 3.64. The van der Waals surface area contributed by atoms with Gasteiger partial charge in [-0.15, -0.1) is 0 Å². The number of fused-ring (bicyclic) bond motifs is 2. The van der Waals surface area contributed by atoms with Gasteiger partial charge >= 0.3 is 0 Å². The lowest BCUT2D eigenvalue weighted by Crippen LogP contribution is -2.34. The number of anilines is 2. The maximum atomic E-state index is 6.20. The highest BCUT2D eigenvalue weighted by atomic mass is 35.5. The Labute approximate surface area is 212 Å². The minimum absolute atomic E-state index is 0.749.